The van der Waals surface area contributed by atoms with E-state index in [1.165, 1.54) is 5.56 Å². The molecule has 0 aromatic carbocycles. The predicted octanol–water partition coefficient (Wildman–Crippen LogP) is 2.37. The molecular formula is C18H33IN6O2. The van der Waals surface area contributed by atoms with Gasteiger partial charge in [0.2, 0.25) is 0 Å². The summed E-state index contributed by atoms with van der Waals surface area (Å²) in [6.07, 6.45) is 4.56. The first-order valence-corrected chi connectivity index (χ1v) is 9.28. The largest absolute Gasteiger partial charge is 0.444 e. The van der Waals surface area contributed by atoms with Gasteiger partial charge < -0.3 is 20.3 Å². The molecule has 1 aliphatic rings. The van der Waals surface area contributed by atoms with Crippen LogP contribution in [0.5, 0.6) is 0 Å². The molecule has 2 rings (SSSR count). The van der Waals surface area contributed by atoms with Crippen molar-refractivity contribution in [3.63, 3.8) is 0 Å². The molecule has 1 fully saturated rings. The monoisotopic (exact) mass is 492 g/mol. The average molecular weight is 492 g/mol. The summed E-state index contributed by atoms with van der Waals surface area (Å²) in [6, 6.07) is 0.203. The standard InChI is InChI=1S/C18H32N6O2.HI/c1-6-19-16(20-8-7-9-24-11-14(2)10-21-24)22-15-12-23(13-15)17(25)26-18(3,4)5;/h10-11,15H,6-9,12-13H2,1-5H3,(H2,19,20,22);1H. The number of carbonyl (C=O) groups is 1. The van der Waals surface area contributed by atoms with E-state index in [0.29, 0.717) is 13.1 Å². The number of aliphatic imine (C=N–C) groups is 1. The van der Waals surface area contributed by atoms with E-state index in [2.05, 4.69) is 20.7 Å². The second-order valence-corrected chi connectivity index (χ2v) is 7.62. The highest BCUT2D eigenvalue weighted by Crippen LogP contribution is 2.15. The minimum Gasteiger partial charge on any atom is -0.444 e. The van der Waals surface area contributed by atoms with E-state index >= 15 is 0 Å². The molecule has 1 aromatic heterocycles. The fourth-order valence-electron chi connectivity index (χ4n) is 2.57. The zero-order valence-electron chi connectivity index (χ0n) is 17.0. The second kappa shape index (κ2) is 10.7. The van der Waals surface area contributed by atoms with Crippen LogP contribution in [0.4, 0.5) is 4.79 Å². The number of rotatable bonds is 6. The summed E-state index contributed by atoms with van der Waals surface area (Å²) in [5.74, 6) is 0.790. The number of halogens is 1. The van der Waals surface area contributed by atoms with Crippen molar-refractivity contribution in [2.45, 2.75) is 59.2 Å². The first kappa shape index (κ1) is 23.5. The molecule has 0 spiro atoms. The van der Waals surface area contributed by atoms with E-state index in [-0.39, 0.29) is 36.1 Å². The summed E-state index contributed by atoms with van der Waals surface area (Å²) < 4.78 is 7.31. The fraction of sp³-hybridized carbons (Fsp3) is 0.722. The maximum absolute atomic E-state index is 12.0. The van der Waals surface area contributed by atoms with Gasteiger partial charge >= 0.3 is 6.09 Å². The molecular weight excluding hydrogens is 459 g/mol. The molecule has 1 amide bonds. The molecule has 1 aliphatic heterocycles. The first-order chi connectivity index (χ1) is 12.3. The van der Waals surface area contributed by atoms with Crippen LogP contribution in [0, 0.1) is 6.92 Å². The van der Waals surface area contributed by atoms with E-state index in [0.717, 1.165) is 32.0 Å². The summed E-state index contributed by atoms with van der Waals surface area (Å²) in [5, 5.41) is 10.9. The van der Waals surface area contributed by atoms with Crippen LogP contribution in [-0.2, 0) is 11.3 Å². The zero-order valence-corrected chi connectivity index (χ0v) is 19.3. The van der Waals surface area contributed by atoms with Gasteiger partial charge in [-0.25, -0.2) is 4.79 Å². The van der Waals surface area contributed by atoms with Crippen molar-refractivity contribution < 1.29 is 9.53 Å². The first-order valence-electron chi connectivity index (χ1n) is 9.28. The molecule has 27 heavy (non-hydrogen) atoms. The molecule has 2 N–H and O–H groups in total. The van der Waals surface area contributed by atoms with Crippen molar-refractivity contribution in [3.05, 3.63) is 18.0 Å². The van der Waals surface area contributed by atoms with E-state index in [9.17, 15) is 4.79 Å². The normalized spacial score (nSPS) is 15.0. The molecule has 154 valence electrons. The Morgan fingerprint density at radius 3 is 2.67 bits per heavy atom. The highest BCUT2D eigenvalue weighted by atomic mass is 127. The number of ether oxygens (including phenoxy) is 1. The summed E-state index contributed by atoms with van der Waals surface area (Å²) >= 11 is 0. The van der Waals surface area contributed by atoms with E-state index < -0.39 is 5.60 Å². The molecule has 0 bridgehead atoms. The molecule has 1 saturated heterocycles. The van der Waals surface area contributed by atoms with Gasteiger partial charge in [0.1, 0.15) is 5.60 Å². The molecule has 0 aliphatic carbocycles. The Balaban J connectivity index is 0.00000364. The van der Waals surface area contributed by atoms with E-state index in [1.54, 1.807) is 4.90 Å². The molecule has 0 unspecified atom stereocenters. The number of aryl methyl sites for hydroxylation is 2. The van der Waals surface area contributed by atoms with Crippen LogP contribution in [0.1, 0.15) is 39.7 Å². The molecule has 2 heterocycles. The van der Waals surface area contributed by atoms with Crippen molar-refractivity contribution >= 4 is 36.0 Å². The van der Waals surface area contributed by atoms with Gasteiger partial charge in [0.05, 0.1) is 12.2 Å². The number of carbonyl (C=O) groups excluding carboxylic acids is 1. The zero-order chi connectivity index (χ0) is 19.2. The topological polar surface area (TPSA) is 83.8 Å². The fourth-order valence-corrected chi connectivity index (χ4v) is 2.57. The van der Waals surface area contributed by atoms with Gasteiger partial charge in [-0.3, -0.25) is 9.67 Å². The summed E-state index contributed by atoms with van der Waals surface area (Å²) in [7, 11) is 0. The number of hydrogen-bond acceptors (Lipinski definition) is 4. The highest BCUT2D eigenvalue weighted by molar-refractivity contribution is 14.0. The van der Waals surface area contributed by atoms with E-state index in [4.69, 9.17) is 4.74 Å². The Labute approximate surface area is 179 Å². The van der Waals surface area contributed by atoms with Crippen LogP contribution < -0.4 is 10.6 Å². The van der Waals surface area contributed by atoms with Crippen molar-refractivity contribution in [3.8, 4) is 0 Å². The Bertz CT molecular complexity index is 620. The summed E-state index contributed by atoms with van der Waals surface area (Å²) in [5.41, 5.74) is 0.710. The van der Waals surface area contributed by atoms with Gasteiger partial charge in [-0.15, -0.1) is 24.0 Å². The molecule has 8 nitrogen and oxygen atoms in total. The van der Waals surface area contributed by atoms with E-state index in [1.807, 2.05) is 51.7 Å². The quantitative estimate of drug-likeness (QED) is 0.276. The number of aromatic nitrogens is 2. The van der Waals surface area contributed by atoms with Gasteiger partial charge in [0.25, 0.3) is 0 Å². The number of nitrogens with zero attached hydrogens (tertiary/aromatic N) is 4. The summed E-state index contributed by atoms with van der Waals surface area (Å²) in [6.45, 7) is 13.3. The molecule has 9 heteroatoms. The Kier molecular flexibility index (Phi) is 9.34. The van der Waals surface area contributed by atoms with Crippen LogP contribution in [0.25, 0.3) is 0 Å². The van der Waals surface area contributed by atoms with Crippen molar-refractivity contribution in [1.82, 2.24) is 25.3 Å². The van der Waals surface area contributed by atoms with Crippen LogP contribution in [0.2, 0.25) is 0 Å². The number of likely N-dealkylation sites (tertiary alicyclic amines) is 1. The Morgan fingerprint density at radius 1 is 1.41 bits per heavy atom. The van der Waals surface area contributed by atoms with Gasteiger partial charge in [-0.2, -0.15) is 5.10 Å². The lowest BCUT2D eigenvalue weighted by Crippen LogP contribution is -2.63. The average Bonchev–Trinajstić information content (AvgIpc) is 2.90. The molecule has 1 aromatic rings. The SMILES string of the molecule is CCNC(=NCCCn1cc(C)cn1)NC1CN(C(=O)OC(C)(C)C)C1.I. The third kappa shape index (κ3) is 8.35. The minimum atomic E-state index is -0.459. The summed E-state index contributed by atoms with van der Waals surface area (Å²) in [4.78, 5) is 18.3. The van der Waals surface area contributed by atoms with Crippen molar-refractivity contribution in [2.24, 2.45) is 4.99 Å². The lowest BCUT2D eigenvalue weighted by Gasteiger charge is -2.40. The highest BCUT2D eigenvalue weighted by Gasteiger charge is 2.34. The maximum Gasteiger partial charge on any atom is 0.410 e. The molecule has 0 radical (unpaired) electrons. The van der Waals surface area contributed by atoms with Gasteiger partial charge in [0.15, 0.2) is 5.96 Å². The van der Waals surface area contributed by atoms with Crippen molar-refractivity contribution in [1.29, 1.82) is 0 Å². The van der Waals surface area contributed by atoms with Crippen LogP contribution in [0.3, 0.4) is 0 Å². The smallest absolute Gasteiger partial charge is 0.410 e. The van der Waals surface area contributed by atoms with Gasteiger partial charge in [-0.1, -0.05) is 0 Å². The Morgan fingerprint density at radius 2 is 2.11 bits per heavy atom. The maximum atomic E-state index is 12.0. The third-order valence-electron chi connectivity index (χ3n) is 3.80. The minimum absolute atomic E-state index is 0. The number of nitrogens with one attached hydrogen (secondary N) is 2. The predicted molar refractivity (Wildman–Crippen MR) is 118 cm³/mol. The van der Waals surface area contributed by atoms with Crippen LogP contribution in [-0.4, -0.2) is 64.6 Å². The van der Waals surface area contributed by atoms with Gasteiger partial charge in [-0.05, 0) is 46.6 Å². The molecule has 0 saturated carbocycles. The second-order valence-electron chi connectivity index (χ2n) is 7.62. The number of guanidine groups is 1. The number of amides is 1. The van der Waals surface area contributed by atoms with Crippen molar-refractivity contribution in [2.75, 3.05) is 26.2 Å². The van der Waals surface area contributed by atoms with Crippen LogP contribution in [0.15, 0.2) is 17.4 Å². The number of hydrogen-bond donors (Lipinski definition) is 2. The van der Waals surface area contributed by atoms with Gasteiger partial charge in [0, 0.05) is 38.9 Å². The van der Waals surface area contributed by atoms with Crippen LogP contribution >= 0.6 is 24.0 Å². The molecule has 0 atom stereocenters. The Hall–Kier alpha value is -1.52. The third-order valence-corrected chi connectivity index (χ3v) is 3.80. The lowest BCUT2D eigenvalue weighted by atomic mass is 10.1. The lowest BCUT2D eigenvalue weighted by molar-refractivity contribution is 0.00701.